The van der Waals surface area contributed by atoms with Crippen molar-refractivity contribution in [3.8, 4) is 11.5 Å². The molecule has 2 N–H and O–H groups in total. The van der Waals surface area contributed by atoms with Crippen LogP contribution in [0.1, 0.15) is 15.9 Å². The molecule has 0 spiro atoms. The van der Waals surface area contributed by atoms with E-state index >= 15 is 0 Å². The molecule has 0 aliphatic heterocycles. The minimum atomic E-state index is -0.346. The number of phenolic OH excluding ortho intramolecular Hbond substituents is 1. The van der Waals surface area contributed by atoms with Crippen LogP contribution in [0.3, 0.4) is 0 Å². The van der Waals surface area contributed by atoms with Crippen molar-refractivity contribution in [1.29, 1.82) is 0 Å². The summed E-state index contributed by atoms with van der Waals surface area (Å²) in [4.78, 5) is 11.9. The van der Waals surface area contributed by atoms with Gasteiger partial charge in [-0.3, -0.25) is 4.79 Å². The van der Waals surface area contributed by atoms with E-state index in [1.807, 2.05) is 6.07 Å². The fourth-order valence-electron chi connectivity index (χ4n) is 1.67. The Hall–Kier alpha value is -2.34. The summed E-state index contributed by atoms with van der Waals surface area (Å²) in [6.45, 7) is 0. The molecule has 2 rings (SSSR count). The Labute approximate surface area is 130 Å². The van der Waals surface area contributed by atoms with E-state index in [1.54, 1.807) is 36.4 Å². The molecule has 0 fully saturated rings. The van der Waals surface area contributed by atoms with E-state index in [1.165, 1.54) is 13.3 Å². The zero-order valence-corrected chi connectivity index (χ0v) is 12.8. The molecule has 5 nitrogen and oxygen atoms in total. The first-order chi connectivity index (χ1) is 10.1. The van der Waals surface area contributed by atoms with Gasteiger partial charge in [0.1, 0.15) is 0 Å². The molecular formula is C15H13BrN2O3. The molecule has 0 saturated carbocycles. The predicted molar refractivity (Wildman–Crippen MR) is 83.9 cm³/mol. The van der Waals surface area contributed by atoms with Crippen LogP contribution in [0.5, 0.6) is 11.5 Å². The van der Waals surface area contributed by atoms with E-state index in [4.69, 9.17) is 4.74 Å². The van der Waals surface area contributed by atoms with Crippen LogP contribution in [0.25, 0.3) is 0 Å². The third-order valence-electron chi connectivity index (χ3n) is 2.74. The molecule has 0 radical (unpaired) electrons. The van der Waals surface area contributed by atoms with Crippen molar-refractivity contribution in [1.82, 2.24) is 5.43 Å². The number of aromatic hydroxyl groups is 1. The molecule has 0 aromatic heterocycles. The summed E-state index contributed by atoms with van der Waals surface area (Å²) in [6.07, 6.45) is 1.35. The lowest BCUT2D eigenvalue weighted by atomic mass is 10.2. The summed E-state index contributed by atoms with van der Waals surface area (Å²) in [5, 5.41) is 13.7. The highest BCUT2D eigenvalue weighted by Gasteiger charge is 2.08. The Morgan fingerprint density at radius 2 is 2.05 bits per heavy atom. The number of ether oxygens (including phenoxy) is 1. The number of rotatable bonds is 4. The molecule has 2 aromatic rings. The van der Waals surface area contributed by atoms with E-state index in [2.05, 4.69) is 26.5 Å². The van der Waals surface area contributed by atoms with Crippen LogP contribution in [-0.4, -0.2) is 24.3 Å². The average molecular weight is 349 g/mol. The van der Waals surface area contributed by atoms with E-state index in [-0.39, 0.29) is 11.7 Å². The molecule has 108 valence electrons. The lowest BCUT2D eigenvalue weighted by Gasteiger charge is -2.05. The topological polar surface area (TPSA) is 70.9 Å². The predicted octanol–water partition coefficient (Wildman–Crippen LogP) is 2.93. The molecule has 0 heterocycles. The monoisotopic (exact) mass is 348 g/mol. The van der Waals surface area contributed by atoms with Gasteiger partial charge in [-0.25, -0.2) is 5.43 Å². The molecule has 2 aromatic carbocycles. The highest BCUT2D eigenvalue weighted by molar-refractivity contribution is 9.10. The van der Waals surface area contributed by atoms with Gasteiger partial charge in [0, 0.05) is 10.0 Å². The number of carbonyl (C=O) groups is 1. The number of methoxy groups -OCH3 is 1. The summed E-state index contributed by atoms with van der Waals surface area (Å²) in [6, 6.07) is 12.0. The summed E-state index contributed by atoms with van der Waals surface area (Å²) in [7, 11) is 1.46. The number of carbonyl (C=O) groups excluding carboxylic acids is 1. The maximum absolute atomic E-state index is 11.9. The Balaban J connectivity index is 2.10. The van der Waals surface area contributed by atoms with Gasteiger partial charge in [-0.15, -0.1) is 0 Å². The molecule has 0 bridgehead atoms. The van der Waals surface area contributed by atoms with E-state index < -0.39 is 0 Å². The Morgan fingerprint density at radius 1 is 1.29 bits per heavy atom. The van der Waals surface area contributed by atoms with E-state index in [0.717, 1.165) is 0 Å². The molecule has 1 amide bonds. The number of benzene rings is 2. The second-order valence-electron chi connectivity index (χ2n) is 4.08. The number of amides is 1. The van der Waals surface area contributed by atoms with Crippen LogP contribution in [0.15, 0.2) is 52.0 Å². The highest BCUT2D eigenvalue weighted by Crippen LogP contribution is 2.27. The van der Waals surface area contributed by atoms with Crippen molar-refractivity contribution in [3.63, 3.8) is 0 Å². The molecule has 0 atom stereocenters. The number of hydrogen-bond acceptors (Lipinski definition) is 4. The van der Waals surface area contributed by atoms with Gasteiger partial charge in [-0.1, -0.05) is 18.2 Å². The van der Waals surface area contributed by atoms with Gasteiger partial charge < -0.3 is 9.84 Å². The molecule has 21 heavy (non-hydrogen) atoms. The molecular weight excluding hydrogens is 336 g/mol. The lowest BCUT2D eigenvalue weighted by molar-refractivity contribution is 0.0954. The third kappa shape index (κ3) is 3.61. The lowest BCUT2D eigenvalue weighted by Crippen LogP contribution is -2.18. The second kappa shape index (κ2) is 6.90. The smallest absolute Gasteiger partial charge is 0.272 e. The van der Waals surface area contributed by atoms with E-state index in [9.17, 15) is 9.90 Å². The molecule has 6 heteroatoms. The van der Waals surface area contributed by atoms with Crippen molar-refractivity contribution in [3.05, 3.63) is 58.1 Å². The maximum atomic E-state index is 11.9. The van der Waals surface area contributed by atoms with Crippen LogP contribution in [-0.2, 0) is 0 Å². The minimum Gasteiger partial charge on any atom is -0.504 e. The average Bonchev–Trinajstić information content (AvgIpc) is 2.49. The number of phenols is 1. The summed E-state index contributed by atoms with van der Waals surface area (Å²) < 4.78 is 5.68. The van der Waals surface area contributed by atoms with Crippen molar-refractivity contribution in [2.75, 3.05) is 7.11 Å². The zero-order chi connectivity index (χ0) is 15.2. The number of halogens is 1. The normalized spacial score (nSPS) is 10.6. The first-order valence-electron chi connectivity index (χ1n) is 6.07. The summed E-state index contributed by atoms with van der Waals surface area (Å²) >= 11 is 3.29. The first kappa shape index (κ1) is 15.1. The Kier molecular flexibility index (Phi) is 4.94. The van der Waals surface area contributed by atoms with Crippen molar-refractivity contribution >= 4 is 28.1 Å². The molecule has 0 saturated heterocycles. The van der Waals surface area contributed by atoms with Gasteiger partial charge in [0.15, 0.2) is 11.5 Å². The minimum absolute atomic E-state index is 0.0288. The van der Waals surface area contributed by atoms with Gasteiger partial charge >= 0.3 is 0 Å². The van der Waals surface area contributed by atoms with Crippen molar-refractivity contribution in [2.45, 2.75) is 0 Å². The Morgan fingerprint density at radius 3 is 2.76 bits per heavy atom. The standard InChI is InChI=1S/C15H13BrN2O3/c1-21-13-8-4-5-10(14(13)19)9-17-18-15(20)11-6-2-3-7-12(11)16/h2-9,19H,1H3,(H,18,20)/b17-9+. The van der Waals surface area contributed by atoms with Gasteiger partial charge in [-0.2, -0.15) is 5.10 Å². The number of hydrazone groups is 1. The SMILES string of the molecule is COc1cccc(/C=N/NC(=O)c2ccccc2Br)c1O. The fraction of sp³-hybridized carbons (Fsp3) is 0.0667. The highest BCUT2D eigenvalue weighted by atomic mass is 79.9. The molecule has 0 aliphatic carbocycles. The molecule has 0 aliphatic rings. The fourth-order valence-corrected chi connectivity index (χ4v) is 2.14. The number of para-hydroxylation sites is 1. The summed E-state index contributed by atoms with van der Waals surface area (Å²) in [5.74, 6) is -0.0314. The van der Waals surface area contributed by atoms with Crippen LogP contribution in [0.2, 0.25) is 0 Å². The van der Waals surface area contributed by atoms with Crippen molar-refractivity contribution in [2.24, 2.45) is 5.10 Å². The third-order valence-corrected chi connectivity index (χ3v) is 3.43. The van der Waals surface area contributed by atoms with Crippen LogP contribution < -0.4 is 10.2 Å². The number of nitrogens with one attached hydrogen (secondary N) is 1. The van der Waals surface area contributed by atoms with E-state index in [0.29, 0.717) is 21.3 Å². The van der Waals surface area contributed by atoms with Crippen molar-refractivity contribution < 1.29 is 14.6 Å². The maximum Gasteiger partial charge on any atom is 0.272 e. The van der Waals surface area contributed by atoms with Gasteiger partial charge in [0.05, 0.1) is 18.9 Å². The quantitative estimate of drug-likeness (QED) is 0.659. The summed E-state index contributed by atoms with van der Waals surface area (Å²) in [5.41, 5.74) is 3.32. The van der Waals surface area contributed by atoms with Gasteiger partial charge in [-0.05, 0) is 40.2 Å². The van der Waals surface area contributed by atoms with Crippen LogP contribution in [0.4, 0.5) is 0 Å². The largest absolute Gasteiger partial charge is 0.504 e. The number of nitrogens with zero attached hydrogens (tertiary/aromatic N) is 1. The van der Waals surface area contributed by atoms with Crippen LogP contribution in [0, 0.1) is 0 Å². The first-order valence-corrected chi connectivity index (χ1v) is 6.86. The van der Waals surface area contributed by atoms with Gasteiger partial charge in [0.2, 0.25) is 0 Å². The Bertz CT molecular complexity index is 686. The van der Waals surface area contributed by atoms with Crippen LogP contribution >= 0.6 is 15.9 Å². The number of hydrogen-bond donors (Lipinski definition) is 2. The zero-order valence-electron chi connectivity index (χ0n) is 11.2. The van der Waals surface area contributed by atoms with Gasteiger partial charge in [0.25, 0.3) is 5.91 Å². The molecule has 0 unspecified atom stereocenters. The second-order valence-corrected chi connectivity index (χ2v) is 4.93.